The Balaban J connectivity index is 1.83. The van der Waals surface area contributed by atoms with E-state index in [0.29, 0.717) is 22.2 Å². The molecule has 2 aromatic carbocycles. The molecular weight excluding hydrogens is 418 g/mol. The van der Waals surface area contributed by atoms with Crippen LogP contribution in [0.5, 0.6) is 0 Å². The smallest absolute Gasteiger partial charge is 0.337 e. The van der Waals surface area contributed by atoms with Crippen molar-refractivity contribution < 1.29 is 19.1 Å². The quantitative estimate of drug-likeness (QED) is 0.500. The predicted molar refractivity (Wildman–Crippen MR) is 129 cm³/mol. The van der Waals surface area contributed by atoms with Crippen molar-refractivity contribution >= 4 is 22.6 Å². The topological polar surface area (TPSA) is 88.8 Å². The van der Waals surface area contributed by atoms with Crippen LogP contribution in [0, 0.1) is 13.8 Å². The van der Waals surface area contributed by atoms with Crippen LogP contribution in [-0.2, 0) is 4.74 Å². The highest BCUT2D eigenvalue weighted by Gasteiger charge is 2.30. The van der Waals surface area contributed by atoms with Crippen LogP contribution in [0.15, 0.2) is 45.6 Å². The summed E-state index contributed by atoms with van der Waals surface area (Å²) in [5.74, 6) is -0.143. The number of anilines is 1. The van der Waals surface area contributed by atoms with Gasteiger partial charge in [0.2, 0.25) is 0 Å². The summed E-state index contributed by atoms with van der Waals surface area (Å²) in [6, 6.07) is 10.4. The maximum Gasteiger partial charge on any atom is 0.337 e. The molecule has 6 heteroatoms. The molecule has 3 aromatic rings. The molecule has 2 unspecified atom stereocenters. The van der Waals surface area contributed by atoms with Crippen molar-refractivity contribution in [3.05, 3.63) is 74.6 Å². The molecule has 33 heavy (non-hydrogen) atoms. The molecule has 0 radical (unpaired) electrons. The third kappa shape index (κ3) is 4.53. The van der Waals surface area contributed by atoms with Crippen LogP contribution < -0.4 is 10.7 Å². The summed E-state index contributed by atoms with van der Waals surface area (Å²) in [5.41, 5.74) is 3.70. The van der Waals surface area contributed by atoms with E-state index in [-0.39, 0.29) is 35.2 Å². The first-order valence-electron chi connectivity index (χ1n) is 11.5. The zero-order valence-electron chi connectivity index (χ0n) is 19.8. The van der Waals surface area contributed by atoms with Crippen LogP contribution >= 0.6 is 0 Å². The molecule has 2 N–H and O–H groups in total. The number of fused-ring (bicyclic) bond motifs is 1. The lowest BCUT2D eigenvalue weighted by Gasteiger charge is -2.32. The standard InChI is InChI=1S/C27H31NO5/c1-14-10-21(18(5)28-23-9-7-6-8-20(23)27(30)31)26-22(11-14)24(29)17(4)25(33-26)19-12-15(2)32-16(3)13-19/h6-11,15-16,18-19,28H,12-13H2,1-5H3,(H,30,31)/t15-,16+,18?,19?. The summed E-state index contributed by atoms with van der Waals surface area (Å²) in [7, 11) is 0. The van der Waals surface area contributed by atoms with E-state index in [1.165, 1.54) is 0 Å². The third-order valence-electron chi connectivity index (χ3n) is 6.49. The Hall–Kier alpha value is -3.12. The zero-order valence-corrected chi connectivity index (χ0v) is 19.8. The van der Waals surface area contributed by atoms with Crippen LogP contribution in [-0.4, -0.2) is 23.3 Å². The first-order chi connectivity index (χ1) is 15.7. The second kappa shape index (κ2) is 9.02. The monoisotopic (exact) mass is 449 g/mol. The molecule has 0 spiro atoms. The number of aromatic carboxylic acids is 1. The number of para-hydroxylation sites is 1. The van der Waals surface area contributed by atoms with Crippen molar-refractivity contribution in [1.29, 1.82) is 0 Å². The molecule has 1 aromatic heterocycles. The van der Waals surface area contributed by atoms with Gasteiger partial charge in [-0.2, -0.15) is 0 Å². The van der Waals surface area contributed by atoms with Gasteiger partial charge < -0.3 is 19.6 Å². The Labute approximate surface area is 193 Å². The molecule has 4 rings (SSSR count). The lowest BCUT2D eigenvalue weighted by atomic mass is 9.88. The second-order valence-corrected chi connectivity index (χ2v) is 9.29. The molecule has 0 bridgehead atoms. The number of hydrogen-bond donors (Lipinski definition) is 2. The van der Waals surface area contributed by atoms with Gasteiger partial charge in [-0.25, -0.2) is 4.79 Å². The first kappa shape index (κ1) is 23.1. The van der Waals surface area contributed by atoms with Crippen LogP contribution in [0.25, 0.3) is 11.0 Å². The summed E-state index contributed by atoms with van der Waals surface area (Å²) < 4.78 is 12.4. The van der Waals surface area contributed by atoms with Gasteiger partial charge in [0.25, 0.3) is 0 Å². The highest BCUT2D eigenvalue weighted by Crippen LogP contribution is 2.37. The van der Waals surface area contributed by atoms with Crippen molar-refractivity contribution in [3.63, 3.8) is 0 Å². The second-order valence-electron chi connectivity index (χ2n) is 9.29. The number of rotatable bonds is 5. The predicted octanol–water partition coefficient (Wildman–Crippen LogP) is 5.95. The summed E-state index contributed by atoms with van der Waals surface area (Å²) in [5, 5.41) is 13.4. The van der Waals surface area contributed by atoms with Gasteiger partial charge in [0.05, 0.1) is 29.2 Å². The minimum absolute atomic E-state index is 0.0128. The van der Waals surface area contributed by atoms with Gasteiger partial charge in [0.1, 0.15) is 11.3 Å². The fraction of sp³-hybridized carbons (Fsp3) is 0.407. The number of carbonyl (C=O) groups is 1. The van der Waals surface area contributed by atoms with Gasteiger partial charge in [-0.3, -0.25) is 4.79 Å². The minimum Gasteiger partial charge on any atom is -0.478 e. The average Bonchev–Trinajstić information content (AvgIpc) is 2.75. The Morgan fingerprint density at radius 2 is 1.79 bits per heavy atom. The van der Waals surface area contributed by atoms with Crippen LogP contribution in [0.3, 0.4) is 0 Å². The van der Waals surface area contributed by atoms with Gasteiger partial charge in [0, 0.05) is 22.7 Å². The van der Waals surface area contributed by atoms with Gasteiger partial charge in [-0.15, -0.1) is 0 Å². The van der Waals surface area contributed by atoms with E-state index in [1.54, 1.807) is 24.3 Å². The lowest BCUT2D eigenvalue weighted by molar-refractivity contribution is -0.0407. The van der Waals surface area contributed by atoms with Crippen molar-refractivity contribution in [2.45, 2.75) is 71.6 Å². The van der Waals surface area contributed by atoms with E-state index in [0.717, 1.165) is 29.7 Å². The van der Waals surface area contributed by atoms with E-state index >= 15 is 0 Å². The SMILES string of the molecule is Cc1cc(C(C)Nc2ccccc2C(=O)O)c2oc(C3C[C@@H](C)O[C@@H](C)C3)c(C)c(=O)c2c1. The Bertz CT molecular complexity index is 1250. The summed E-state index contributed by atoms with van der Waals surface area (Å²) in [6.45, 7) is 9.85. The molecular formula is C27H31NO5. The summed E-state index contributed by atoms with van der Waals surface area (Å²) >= 11 is 0. The van der Waals surface area contributed by atoms with E-state index in [9.17, 15) is 14.7 Å². The molecule has 1 fully saturated rings. The molecule has 4 atom stereocenters. The Kier molecular flexibility index (Phi) is 6.30. The molecule has 0 aliphatic carbocycles. The van der Waals surface area contributed by atoms with E-state index < -0.39 is 5.97 Å². The molecule has 1 aliphatic rings. The number of aryl methyl sites for hydroxylation is 1. The number of carboxylic acids is 1. The Morgan fingerprint density at radius 3 is 2.45 bits per heavy atom. The third-order valence-corrected chi connectivity index (χ3v) is 6.49. The molecule has 2 heterocycles. The van der Waals surface area contributed by atoms with Gasteiger partial charge >= 0.3 is 5.97 Å². The first-order valence-corrected chi connectivity index (χ1v) is 11.5. The largest absolute Gasteiger partial charge is 0.478 e. The molecule has 174 valence electrons. The van der Waals surface area contributed by atoms with Crippen molar-refractivity contribution in [3.8, 4) is 0 Å². The van der Waals surface area contributed by atoms with Crippen LogP contribution in [0.1, 0.15) is 78.4 Å². The highest BCUT2D eigenvalue weighted by molar-refractivity contribution is 5.94. The maximum atomic E-state index is 13.4. The minimum atomic E-state index is -0.994. The van der Waals surface area contributed by atoms with Crippen molar-refractivity contribution in [2.75, 3.05) is 5.32 Å². The van der Waals surface area contributed by atoms with Crippen molar-refractivity contribution in [2.24, 2.45) is 0 Å². The van der Waals surface area contributed by atoms with Crippen molar-refractivity contribution in [1.82, 2.24) is 0 Å². The van der Waals surface area contributed by atoms with Gasteiger partial charge in [-0.1, -0.05) is 18.2 Å². The number of benzene rings is 2. The highest BCUT2D eigenvalue weighted by atomic mass is 16.5. The average molecular weight is 450 g/mol. The normalized spacial score (nSPS) is 21.7. The van der Waals surface area contributed by atoms with Crippen LogP contribution in [0.4, 0.5) is 5.69 Å². The molecule has 0 amide bonds. The lowest BCUT2D eigenvalue weighted by Crippen LogP contribution is -2.29. The van der Waals surface area contributed by atoms with Gasteiger partial charge in [-0.05, 0) is 71.2 Å². The van der Waals surface area contributed by atoms with E-state index in [2.05, 4.69) is 19.2 Å². The molecule has 0 saturated carbocycles. The number of nitrogens with one attached hydrogen (secondary N) is 1. The summed E-state index contributed by atoms with van der Waals surface area (Å²) in [6.07, 6.45) is 1.82. The van der Waals surface area contributed by atoms with Crippen LogP contribution in [0.2, 0.25) is 0 Å². The number of ether oxygens (including phenoxy) is 1. The fourth-order valence-electron chi connectivity index (χ4n) is 5.02. The molecule has 6 nitrogen and oxygen atoms in total. The molecule has 1 saturated heterocycles. The fourth-order valence-corrected chi connectivity index (χ4v) is 5.02. The number of hydrogen-bond acceptors (Lipinski definition) is 5. The number of carboxylic acid groups (broad SMARTS) is 1. The van der Waals surface area contributed by atoms with E-state index in [1.807, 2.05) is 32.9 Å². The summed E-state index contributed by atoms with van der Waals surface area (Å²) in [4.78, 5) is 25.0. The maximum absolute atomic E-state index is 13.4. The Morgan fingerprint density at radius 1 is 1.12 bits per heavy atom. The van der Waals surface area contributed by atoms with Gasteiger partial charge in [0.15, 0.2) is 5.43 Å². The van der Waals surface area contributed by atoms with E-state index in [4.69, 9.17) is 9.15 Å². The zero-order chi connectivity index (χ0) is 23.9. The molecule has 1 aliphatic heterocycles.